The first kappa shape index (κ1) is 16.8. The van der Waals surface area contributed by atoms with Crippen molar-refractivity contribution >= 4 is 35.1 Å². The van der Waals surface area contributed by atoms with Crippen molar-refractivity contribution in [3.63, 3.8) is 0 Å². The van der Waals surface area contributed by atoms with E-state index in [1.54, 1.807) is 24.3 Å². The van der Waals surface area contributed by atoms with E-state index in [9.17, 15) is 9.59 Å². The third-order valence-electron chi connectivity index (χ3n) is 2.99. The lowest BCUT2D eigenvalue weighted by Crippen LogP contribution is -2.21. The maximum absolute atomic E-state index is 12.0. The second kappa shape index (κ2) is 8.15. The van der Waals surface area contributed by atoms with Gasteiger partial charge in [-0.05, 0) is 18.2 Å². The highest BCUT2D eigenvalue weighted by atomic mass is 16.2. The molecule has 130 valence electrons. The molecule has 2 aromatic heterocycles. The molecule has 10 heteroatoms. The summed E-state index contributed by atoms with van der Waals surface area (Å²) < 4.78 is 0. The number of rotatable bonds is 4. The topological polar surface area (TPSA) is 134 Å². The minimum absolute atomic E-state index is 0.322. The third-order valence-corrected chi connectivity index (χ3v) is 2.99. The Bertz CT molecular complexity index is 818. The molecule has 1 aromatic carbocycles. The Morgan fingerprint density at radius 3 is 1.62 bits per heavy atom. The van der Waals surface area contributed by atoms with Gasteiger partial charge in [0.15, 0.2) is 11.6 Å². The fraction of sp³-hybridized carbons (Fsp3) is 0. The van der Waals surface area contributed by atoms with E-state index in [4.69, 9.17) is 0 Å². The van der Waals surface area contributed by atoms with Crippen molar-refractivity contribution in [2.75, 3.05) is 21.3 Å². The molecule has 2 heterocycles. The summed E-state index contributed by atoms with van der Waals surface area (Å²) in [4.78, 5) is 39.5. The van der Waals surface area contributed by atoms with Gasteiger partial charge in [0.25, 0.3) is 0 Å². The summed E-state index contributed by atoms with van der Waals surface area (Å²) in [5.41, 5.74) is 0.979. The van der Waals surface area contributed by atoms with Crippen LogP contribution in [-0.2, 0) is 0 Å². The maximum Gasteiger partial charge on any atom is 0.324 e. The van der Waals surface area contributed by atoms with Gasteiger partial charge < -0.3 is 10.6 Å². The fourth-order valence-electron chi connectivity index (χ4n) is 1.96. The Labute approximate surface area is 148 Å². The third kappa shape index (κ3) is 4.96. The molecule has 3 aromatic rings. The number of carbonyl (C=O) groups excluding carboxylic acids is 2. The first-order valence-corrected chi connectivity index (χ1v) is 7.47. The van der Waals surface area contributed by atoms with Crippen LogP contribution in [0.3, 0.4) is 0 Å². The second-order valence-corrected chi connectivity index (χ2v) is 4.92. The van der Waals surface area contributed by atoms with E-state index < -0.39 is 12.1 Å². The molecular weight excluding hydrogens is 336 g/mol. The van der Waals surface area contributed by atoms with Crippen LogP contribution >= 0.6 is 0 Å². The number of carbonyl (C=O) groups is 2. The molecule has 4 amide bonds. The highest BCUT2D eigenvalue weighted by Gasteiger charge is 2.06. The lowest BCUT2D eigenvalue weighted by Gasteiger charge is -2.10. The average molecular weight is 350 g/mol. The maximum atomic E-state index is 12.0. The zero-order valence-corrected chi connectivity index (χ0v) is 13.4. The molecule has 0 atom stereocenters. The normalized spacial score (nSPS) is 9.85. The van der Waals surface area contributed by atoms with E-state index in [0.717, 1.165) is 0 Å². The van der Waals surface area contributed by atoms with Gasteiger partial charge in [0, 0.05) is 36.2 Å². The molecule has 0 aliphatic rings. The van der Waals surface area contributed by atoms with Crippen molar-refractivity contribution in [3.05, 3.63) is 61.4 Å². The van der Waals surface area contributed by atoms with Crippen LogP contribution in [0.15, 0.2) is 61.4 Å². The summed E-state index contributed by atoms with van der Waals surface area (Å²) in [6.45, 7) is 0. The zero-order chi connectivity index (χ0) is 18.2. The summed E-state index contributed by atoms with van der Waals surface area (Å²) in [6.07, 6.45) is 8.79. The van der Waals surface area contributed by atoms with Gasteiger partial charge in [0.2, 0.25) is 0 Å². The first-order valence-electron chi connectivity index (χ1n) is 7.47. The number of anilines is 4. The summed E-state index contributed by atoms with van der Waals surface area (Å²) >= 11 is 0. The van der Waals surface area contributed by atoms with Crippen molar-refractivity contribution in [1.82, 2.24) is 19.9 Å². The second-order valence-electron chi connectivity index (χ2n) is 4.92. The fourth-order valence-corrected chi connectivity index (χ4v) is 1.96. The quantitative estimate of drug-likeness (QED) is 0.571. The summed E-state index contributed by atoms with van der Waals surface area (Å²) in [6, 6.07) is 5.70. The Morgan fingerprint density at radius 2 is 1.19 bits per heavy atom. The van der Waals surface area contributed by atoms with Gasteiger partial charge in [0.05, 0.1) is 12.4 Å². The minimum Gasteiger partial charge on any atom is -0.308 e. The number of hydrogen-bond acceptors (Lipinski definition) is 6. The van der Waals surface area contributed by atoms with E-state index in [-0.39, 0.29) is 0 Å². The van der Waals surface area contributed by atoms with Crippen LogP contribution in [-0.4, -0.2) is 32.0 Å². The highest BCUT2D eigenvalue weighted by Crippen LogP contribution is 2.15. The molecule has 0 bridgehead atoms. The molecule has 0 spiro atoms. The SMILES string of the molecule is O=C(Nc1cccc(NC(=O)Nc2cnccn2)c1)Nc1cnccn1. The van der Waals surface area contributed by atoms with Crippen LogP contribution in [0.5, 0.6) is 0 Å². The molecule has 26 heavy (non-hydrogen) atoms. The molecule has 0 radical (unpaired) electrons. The monoisotopic (exact) mass is 350 g/mol. The van der Waals surface area contributed by atoms with Gasteiger partial charge in [-0.1, -0.05) is 6.07 Å². The lowest BCUT2D eigenvalue weighted by molar-refractivity contribution is 0.261. The summed E-state index contributed by atoms with van der Waals surface area (Å²) in [5.74, 6) is 0.644. The van der Waals surface area contributed by atoms with Crippen molar-refractivity contribution in [2.24, 2.45) is 0 Å². The molecule has 0 aliphatic carbocycles. The van der Waals surface area contributed by atoms with Gasteiger partial charge in [-0.3, -0.25) is 20.6 Å². The number of hydrogen-bond donors (Lipinski definition) is 4. The number of nitrogens with one attached hydrogen (secondary N) is 4. The number of aromatic nitrogens is 4. The summed E-state index contributed by atoms with van der Waals surface area (Å²) in [7, 11) is 0. The van der Waals surface area contributed by atoms with Gasteiger partial charge in [-0.15, -0.1) is 0 Å². The van der Waals surface area contributed by atoms with Crippen molar-refractivity contribution in [1.29, 1.82) is 0 Å². The van der Waals surface area contributed by atoms with Crippen LogP contribution < -0.4 is 21.3 Å². The first-order chi connectivity index (χ1) is 12.7. The van der Waals surface area contributed by atoms with Crippen molar-refractivity contribution in [2.45, 2.75) is 0 Å². The highest BCUT2D eigenvalue weighted by molar-refractivity contribution is 6.01. The van der Waals surface area contributed by atoms with Gasteiger partial charge in [-0.25, -0.2) is 19.6 Å². The molecule has 0 aliphatic heterocycles. The Hall–Kier alpha value is -4.08. The molecule has 3 rings (SSSR count). The Morgan fingerprint density at radius 1 is 0.692 bits per heavy atom. The molecular formula is C16H14N8O2. The number of benzene rings is 1. The number of urea groups is 2. The van der Waals surface area contributed by atoms with Crippen LogP contribution in [0.1, 0.15) is 0 Å². The standard InChI is InChI=1S/C16H14N8O2/c25-15(23-13-9-17-4-6-19-13)21-11-2-1-3-12(8-11)22-16(26)24-14-10-18-5-7-20-14/h1-10H,(H2,19,21,23,25)(H2,20,22,24,26). The molecule has 10 nitrogen and oxygen atoms in total. The lowest BCUT2D eigenvalue weighted by atomic mass is 10.3. The summed E-state index contributed by atoms with van der Waals surface area (Å²) in [5, 5.41) is 10.4. The van der Waals surface area contributed by atoms with E-state index in [2.05, 4.69) is 41.2 Å². The zero-order valence-electron chi connectivity index (χ0n) is 13.4. The smallest absolute Gasteiger partial charge is 0.308 e. The van der Waals surface area contributed by atoms with E-state index in [1.165, 1.54) is 37.2 Å². The van der Waals surface area contributed by atoms with Crippen LogP contribution in [0.25, 0.3) is 0 Å². The predicted molar refractivity (Wildman–Crippen MR) is 95.8 cm³/mol. The molecule has 0 fully saturated rings. The van der Waals surface area contributed by atoms with Gasteiger partial charge in [-0.2, -0.15) is 0 Å². The molecule has 0 saturated carbocycles. The minimum atomic E-state index is -0.480. The number of nitrogens with zero attached hydrogens (tertiary/aromatic N) is 4. The number of amides is 4. The predicted octanol–water partition coefficient (Wildman–Crippen LogP) is 2.55. The van der Waals surface area contributed by atoms with Crippen LogP contribution in [0, 0.1) is 0 Å². The van der Waals surface area contributed by atoms with Crippen molar-refractivity contribution in [3.8, 4) is 0 Å². The van der Waals surface area contributed by atoms with Gasteiger partial charge in [0.1, 0.15) is 0 Å². The average Bonchev–Trinajstić information content (AvgIpc) is 2.63. The van der Waals surface area contributed by atoms with E-state index in [1.807, 2.05) is 0 Å². The Balaban J connectivity index is 1.57. The molecule has 4 N–H and O–H groups in total. The largest absolute Gasteiger partial charge is 0.324 e. The van der Waals surface area contributed by atoms with Crippen LogP contribution in [0.2, 0.25) is 0 Å². The van der Waals surface area contributed by atoms with Crippen molar-refractivity contribution < 1.29 is 9.59 Å². The van der Waals surface area contributed by atoms with E-state index in [0.29, 0.717) is 23.0 Å². The van der Waals surface area contributed by atoms with Crippen LogP contribution in [0.4, 0.5) is 32.6 Å². The van der Waals surface area contributed by atoms with E-state index >= 15 is 0 Å². The Kier molecular flexibility index (Phi) is 5.25. The molecule has 0 unspecified atom stereocenters. The molecule has 0 saturated heterocycles. The van der Waals surface area contributed by atoms with Gasteiger partial charge >= 0.3 is 12.1 Å².